The van der Waals surface area contributed by atoms with E-state index >= 15 is 0 Å². The molecule has 0 bridgehead atoms. The molecule has 2 atom stereocenters. The molecule has 2 saturated heterocycles. The molecule has 140 valence electrons. The summed E-state index contributed by atoms with van der Waals surface area (Å²) in [5, 5.41) is 0. The van der Waals surface area contributed by atoms with Gasteiger partial charge in [-0.05, 0) is 38.8 Å². The van der Waals surface area contributed by atoms with Crippen LogP contribution in [0.15, 0.2) is 60.7 Å². The van der Waals surface area contributed by atoms with Gasteiger partial charge in [0.05, 0.1) is 13.2 Å². The van der Waals surface area contributed by atoms with Crippen molar-refractivity contribution in [3.05, 3.63) is 71.8 Å². The van der Waals surface area contributed by atoms with E-state index in [4.69, 9.17) is 14.2 Å². The van der Waals surface area contributed by atoms with Gasteiger partial charge < -0.3 is 19.0 Å². The lowest BCUT2D eigenvalue weighted by atomic mass is 10.1. The van der Waals surface area contributed by atoms with Crippen LogP contribution in [0.5, 0.6) is 0 Å². The van der Waals surface area contributed by atoms with Crippen LogP contribution in [-0.2, 0) is 19.0 Å². The Morgan fingerprint density at radius 3 is 1.62 bits per heavy atom. The van der Waals surface area contributed by atoms with Crippen molar-refractivity contribution in [1.82, 2.24) is 0 Å². The molecule has 0 saturated carbocycles. The number of benzene rings is 2. The first-order valence-corrected chi connectivity index (χ1v) is 8.88. The molecule has 2 fully saturated rings. The van der Waals surface area contributed by atoms with Crippen LogP contribution in [0.25, 0.3) is 0 Å². The fourth-order valence-corrected chi connectivity index (χ4v) is 2.43. The first-order chi connectivity index (χ1) is 12.4. The number of Topliss-reactive ketones (excluding diaryl/α,β-unsaturated/α-hetero) is 1. The molecule has 4 heteroatoms. The highest BCUT2D eigenvalue weighted by Gasteiger charge is 2.33. The third kappa shape index (κ3) is 7.48. The van der Waals surface area contributed by atoms with E-state index in [-0.39, 0.29) is 11.9 Å². The molecule has 2 aromatic carbocycles. The van der Waals surface area contributed by atoms with Gasteiger partial charge in [-0.3, -0.25) is 0 Å². The molecule has 26 heavy (non-hydrogen) atoms. The maximum absolute atomic E-state index is 9.44. The Morgan fingerprint density at radius 2 is 1.27 bits per heavy atom. The summed E-state index contributed by atoms with van der Waals surface area (Å²) in [4.78, 5) is 9.44. The first-order valence-electron chi connectivity index (χ1n) is 8.88. The molecule has 2 heterocycles. The Bertz CT molecular complexity index is 659. The Balaban J connectivity index is 0.000000162. The van der Waals surface area contributed by atoms with Gasteiger partial charge in [-0.25, -0.2) is 0 Å². The van der Waals surface area contributed by atoms with Gasteiger partial charge in [0.1, 0.15) is 18.0 Å². The average molecular weight is 356 g/mol. The number of carbonyl (C=O) groups excluding carboxylic acids is 1. The summed E-state index contributed by atoms with van der Waals surface area (Å²) in [6.45, 7) is 8.49. The molecule has 0 aromatic heterocycles. The summed E-state index contributed by atoms with van der Waals surface area (Å²) < 4.78 is 16.3. The highest BCUT2D eigenvalue weighted by molar-refractivity contribution is 5.72. The summed E-state index contributed by atoms with van der Waals surface area (Å²) in [5.41, 5.74) is 2.49. The van der Waals surface area contributed by atoms with Gasteiger partial charge >= 0.3 is 0 Å². The van der Waals surface area contributed by atoms with Crippen LogP contribution in [0.4, 0.5) is 0 Å². The van der Waals surface area contributed by atoms with Crippen molar-refractivity contribution in [3.8, 4) is 0 Å². The number of rotatable bonds is 2. The second kappa shape index (κ2) is 9.62. The predicted octanol–water partition coefficient (Wildman–Crippen LogP) is 4.86. The Hall–Kier alpha value is -2.01. The average Bonchev–Trinajstić information content (AvgIpc) is 3.40. The van der Waals surface area contributed by atoms with E-state index in [0.29, 0.717) is 12.7 Å². The summed E-state index contributed by atoms with van der Waals surface area (Å²) >= 11 is 0. The molecule has 0 radical (unpaired) electrons. The second-order valence-corrected chi connectivity index (χ2v) is 6.87. The van der Waals surface area contributed by atoms with Crippen LogP contribution in [0.3, 0.4) is 0 Å². The molecule has 2 unspecified atom stereocenters. The van der Waals surface area contributed by atoms with Crippen LogP contribution in [0.2, 0.25) is 0 Å². The molecular formula is C22H28O4. The van der Waals surface area contributed by atoms with E-state index < -0.39 is 5.79 Å². The molecule has 0 N–H and O–H groups in total. The predicted molar refractivity (Wildman–Crippen MR) is 102 cm³/mol. The largest absolute Gasteiger partial charge is 0.368 e. The SMILES string of the molecule is CC(C)=O.CC1(C)OCC(c2ccccc2)O1.c1ccc(C2CO2)cc1. The normalized spacial score (nSPS) is 22.3. The molecule has 2 aliphatic rings. The van der Waals surface area contributed by atoms with Gasteiger partial charge in [-0.15, -0.1) is 0 Å². The quantitative estimate of drug-likeness (QED) is 0.721. The summed E-state index contributed by atoms with van der Waals surface area (Å²) in [7, 11) is 0. The number of ether oxygens (including phenoxy) is 3. The third-order valence-electron chi connectivity index (χ3n) is 3.68. The van der Waals surface area contributed by atoms with Crippen molar-refractivity contribution in [2.75, 3.05) is 13.2 Å². The fraction of sp³-hybridized carbons (Fsp3) is 0.409. The van der Waals surface area contributed by atoms with Crippen molar-refractivity contribution in [3.63, 3.8) is 0 Å². The zero-order valence-electron chi connectivity index (χ0n) is 16.0. The van der Waals surface area contributed by atoms with Crippen LogP contribution >= 0.6 is 0 Å². The summed E-state index contributed by atoms with van der Waals surface area (Å²) in [6.07, 6.45) is 0.502. The van der Waals surface area contributed by atoms with Crippen molar-refractivity contribution < 1.29 is 19.0 Å². The van der Waals surface area contributed by atoms with Gasteiger partial charge in [0.2, 0.25) is 0 Å². The third-order valence-corrected chi connectivity index (χ3v) is 3.68. The van der Waals surface area contributed by atoms with Crippen molar-refractivity contribution in [1.29, 1.82) is 0 Å². The van der Waals surface area contributed by atoms with E-state index in [2.05, 4.69) is 24.3 Å². The number of carbonyl (C=O) groups is 1. The maximum Gasteiger partial charge on any atom is 0.163 e. The smallest absolute Gasteiger partial charge is 0.163 e. The number of epoxide rings is 1. The molecule has 2 aliphatic heterocycles. The van der Waals surface area contributed by atoms with Crippen molar-refractivity contribution in [2.24, 2.45) is 0 Å². The van der Waals surface area contributed by atoms with Gasteiger partial charge in [-0.2, -0.15) is 0 Å². The summed E-state index contributed by atoms with van der Waals surface area (Å²) in [6, 6.07) is 20.5. The van der Waals surface area contributed by atoms with Crippen LogP contribution in [-0.4, -0.2) is 24.8 Å². The van der Waals surface area contributed by atoms with Crippen LogP contribution in [0, 0.1) is 0 Å². The van der Waals surface area contributed by atoms with Gasteiger partial charge in [0, 0.05) is 0 Å². The minimum atomic E-state index is -0.430. The lowest BCUT2D eigenvalue weighted by Crippen LogP contribution is -2.19. The van der Waals surface area contributed by atoms with E-state index in [9.17, 15) is 4.79 Å². The topological polar surface area (TPSA) is 48.1 Å². The van der Waals surface area contributed by atoms with E-state index in [1.54, 1.807) is 0 Å². The van der Waals surface area contributed by atoms with E-state index in [1.807, 2.05) is 50.2 Å². The Morgan fingerprint density at radius 1 is 0.846 bits per heavy atom. The minimum absolute atomic E-state index is 0.0937. The molecular weight excluding hydrogens is 328 g/mol. The van der Waals surface area contributed by atoms with Gasteiger partial charge in [0.25, 0.3) is 0 Å². The number of hydrogen-bond acceptors (Lipinski definition) is 4. The van der Waals surface area contributed by atoms with Crippen LogP contribution in [0.1, 0.15) is 51.0 Å². The standard InChI is InChI=1S/C11H14O2.C8H8O.C3H6O/c1-11(2)12-8-10(13-11)9-6-4-3-5-7-9;1-2-4-7(5-3-1)8-6-9-8;1-3(2)4/h3-7,10H,8H2,1-2H3;1-5,8H,6H2;1-2H3. The summed E-state index contributed by atoms with van der Waals surface area (Å²) in [5.74, 6) is -0.263. The lowest BCUT2D eigenvalue weighted by molar-refractivity contribution is -0.139. The van der Waals surface area contributed by atoms with Crippen molar-refractivity contribution >= 4 is 5.78 Å². The van der Waals surface area contributed by atoms with E-state index in [0.717, 1.165) is 6.61 Å². The lowest BCUT2D eigenvalue weighted by Gasteiger charge is -2.16. The number of hydrogen-bond donors (Lipinski definition) is 0. The second-order valence-electron chi connectivity index (χ2n) is 6.87. The van der Waals surface area contributed by atoms with E-state index in [1.165, 1.54) is 25.0 Å². The highest BCUT2D eigenvalue weighted by atomic mass is 16.7. The number of ketones is 1. The molecule has 4 nitrogen and oxygen atoms in total. The van der Waals surface area contributed by atoms with Crippen molar-refractivity contribution in [2.45, 2.75) is 45.7 Å². The molecule has 4 rings (SSSR count). The fourth-order valence-electron chi connectivity index (χ4n) is 2.43. The zero-order chi connectivity index (χ0) is 19.0. The molecule has 2 aromatic rings. The monoisotopic (exact) mass is 356 g/mol. The van der Waals surface area contributed by atoms with Gasteiger partial charge in [0.15, 0.2) is 5.79 Å². The first kappa shape index (κ1) is 20.3. The highest BCUT2D eigenvalue weighted by Crippen LogP contribution is 2.32. The molecule has 0 aliphatic carbocycles. The minimum Gasteiger partial charge on any atom is -0.368 e. The Labute approximate surface area is 156 Å². The maximum atomic E-state index is 9.44. The molecule has 0 amide bonds. The van der Waals surface area contributed by atoms with Crippen LogP contribution < -0.4 is 0 Å². The molecule has 0 spiro atoms. The zero-order valence-corrected chi connectivity index (χ0v) is 16.0. The Kier molecular flexibility index (Phi) is 7.51. The van der Waals surface area contributed by atoms with Gasteiger partial charge in [-0.1, -0.05) is 60.7 Å².